The molecular formula is C44H40N4O4. The Hall–Kier alpha value is -6.28. The largest absolute Gasteiger partial charge is 0.352 e. The van der Waals surface area contributed by atoms with Crippen molar-refractivity contribution in [3.8, 4) is 0 Å². The van der Waals surface area contributed by atoms with Crippen LogP contribution in [-0.2, 0) is 0 Å². The molecule has 260 valence electrons. The van der Waals surface area contributed by atoms with Crippen LogP contribution in [0.3, 0.4) is 0 Å². The molecule has 0 radical (unpaired) electrons. The van der Waals surface area contributed by atoms with Crippen LogP contribution in [0.25, 0.3) is 64.6 Å². The third-order valence-corrected chi connectivity index (χ3v) is 9.66. The minimum Gasteiger partial charge on any atom is -0.352 e. The smallest absolute Gasteiger partial charge is 0.251 e. The lowest BCUT2D eigenvalue weighted by atomic mass is 9.89. The second kappa shape index (κ2) is 14.2. The summed E-state index contributed by atoms with van der Waals surface area (Å²) in [7, 11) is 0. The summed E-state index contributed by atoms with van der Waals surface area (Å²) in [6, 6.07) is 31.5. The van der Waals surface area contributed by atoms with Gasteiger partial charge in [0, 0.05) is 48.4 Å². The Labute approximate surface area is 301 Å². The van der Waals surface area contributed by atoms with Crippen LogP contribution in [0.2, 0.25) is 0 Å². The fourth-order valence-electron chi connectivity index (χ4n) is 7.42. The number of hydrogen-bond donors (Lipinski definition) is 4. The van der Waals surface area contributed by atoms with Gasteiger partial charge in [0.1, 0.15) is 0 Å². The zero-order valence-corrected chi connectivity index (χ0v) is 29.7. The molecule has 0 unspecified atom stereocenters. The summed E-state index contributed by atoms with van der Waals surface area (Å²) < 4.78 is 0. The highest BCUT2D eigenvalue weighted by Crippen LogP contribution is 2.39. The number of hydrogen-bond acceptors (Lipinski definition) is 4. The number of carbonyl (C=O) groups is 4. The Morgan fingerprint density at radius 3 is 0.712 bits per heavy atom. The van der Waals surface area contributed by atoms with Crippen LogP contribution in [-0.4, -0.2) is 49.8 Å². The van der Waals surface area contributed by atoms with Crippen LogP contribution in [0.15, 0.2) is 97.1 Å². The quantitative estimate of drug-likeness (QED) is 0.121. The third kappa shape index (κ3) is 5.76. The summed E-state index contributed by atoms with van der Waals surface area (Å²) in [5.41, 5.74) is 2.66. The normalized spacial score (nSPS) is 11.3. The molecule has 4 amide bonds. The van der Waals surface area contributed by atoms with Gasteiger partial charge in [0.05, 0.1) is 0 Å². The Kier molecular flexibility index (Phi) is 9.30. The van der Waals surface area contributed by atoms with E-state index < -0.39 is 0 Å². The van der Waals surface area contributed by atoms with Gasteiger partial charge in [0.2, 0.25) is 0 Å². The lowest BCUT2D eigenvalue weighted by Crippen LogP contribution is -2.23. The second-order valence-electron chi connectivity index (χ2n) is 12.7. The van der Waals surface area contributed by atoms with Crippen molar-refractivity contribution in [2.24, 2.45) is 0 Å². The molecule has 0 aromatic heterocycles. The van der Waals surface area contributed by atoms with E-state index in [9.17, 15) is 19.2 Å². The molecular weight excluding hydrogens is 649 g/mol. The molecule has 52 heavy (non-hydrogen) atoms. The zero-order valence-electron chi connectivity index (χ0n) is 29.7. The summed E-state index contributed by atoms with van der Waals surface area (Å²) in [6.07, 6.45) is 0. The molecule has 0 aliphatic rings. The van der Waals surface area contributed by atoms with Gasteiger partial charge >= 0.3 is 0 Å². The Balaban J connectivity index is 0.000000162. The first-order chi connectivity index (χ1) is 25.3. The van der Waals surface area contributed by atoms with Gasteiger partial charge in [-0.05, 0) is 117 Å². The second-order valence-corrected chi connectivity index (χ2v) is 12.7. The minimum atomic E-state index is -0.0746. The van der Waals surface area contributed by atoms with Gasteiger partial charge < -0.3 is 21.3 Å². The zero-order chi connectivity index (χ0) is 36.5. The summed E-state index contributed by atoms with van der Waals surface area (Å²) in [5, 5.41) is 23.6. The number of amides is 4. The Morgan fingerprint density at radius 2 is 0.519 bits per heavy atom. The first-order valence-electron chi connectivity index (χ1n) is 17.8. The van der Waals surface area contributed by atoms with Crippen LogP contribution in [0.5, 0.6) is 0 Å². The van der Waals surface area contributed by atoms with Gasteiger partial charge in [-0.15, -0.1) is 0 Å². The van der Waals surface area contributed by atoms with Crippen LogP contribution < -0.4 is 21.3 Å². The molecule has 0 aliphatic carbocycles. The minimum absolute atomic E-state index is 0.0746. The molecule has 8 nitrogen and oxygen atoms in total. The monoisotopic (exact) mass is 688 g/mol. The van der Waals surface area contributed by atoms with Gasteiger partial charge in [0.25, 0.3) is 23.6 Å². The lowest BCUT2D eigenvalue weighted by Gasteiger charge is -2.15. The highest BCUT2D eigenvalue weighted by Gasteiger charge is 2.20. The standard InChI is InChI=1S/2C22H20N2O2/c2*1-3-23-21(25)17-9-7-13-5-6-14-8-10-18(22(26)24-4-2)16-12-11-15(17)19(13)20(14)16/h2*5-12H,3-4H2,1-2H3,(H,23,25)(H,24,26). The van der Waals surface area contributed by atoms with Gasteiger partial charge in [-0.1, -0.05) is 72.8 Å². The molecule has 8 aromatic rings. The third-order valence-electron chi connectivity index (χ3n) is 9.66. The number of nitrogens with one attached hydrogen (secondary N) is 4. The average molecular weight is 689 g/mol. The Bertz CT molecular complexity index is 2300. The van der Waals surface area contributed by atoms with E-state index in [-0.39, 0.29) is 23.6 Å². The van der Waals surface area contributed by atoms with Crippen LogP contribution in [0, 0.1) is 0 Å². The first-order valence-corrected chi connectivity index (χ1v) is 17.8. The fraction of sp³-hybridized carbons (Fsp3) is 0.182. The van der Waals surface area contributed by atoms with Gasteiger partial charge in [-0.25, -0.2) is 0 Å². The maximum atomic E-state index is 12.5. The predicted molar refractivity (Wildman–Crippen MR) is 212 cm³/mol. The van der Waals surface area contributed by atoms with Crippen LogP contribution in [0.4, 0.5) is 0 Å². The Morgan fingerprint density at radius 1 is 0.327 bits per heavy atom. The summed E-state index contributed by atoms with van der Waals surface area (Å²) >= 11 is 0. The van der Waals surface area contributed by atoms with Crippen molar-refractivity contribution in [3.05, 3.63) is 119 Å². The van der Waals surface area contributed by atoms with Crippen molar-refractivity contribution >= 4 is 88.3 Å². The molecule has 0 atom stereocenters. The molecule has 0 heterocycles. The van der Waals surface area contributed by atoms with Crippen molar-refractivity contribution in [2.45, 2.75) is 27.7 Å². The number of rotatable bonds is 8. The highest BCUT2D eigenvalue weighted by atomic mass is 16.2. The summed E-state index contributed by atoms with van der Waals surface area (Å²) in [4.78, 5) is 49.9. The van der Waals surface area contributed by atoms with E-state index in [0.29, 0.717) is 48.4 Å². The molecule has 8 aromatic carbocycles. The van der Waals surface area contributed by atoms with E-state index in [1.165, 1.54) is 0 Å². The van der Waals surface area contributed by atoms with Crippen molar-refractivity contribution in [3.63, 3.8) is 0 Å². The first kappa shape index (κ1) is 34.2. The van der Waals surface area contributed by atoms with Crippen LogP contribution in [0.1, 0.15) is 69.1 Å². The van der Waals surface area contributed by atoms with E-state index in [0.717, 1.165) is 64.6 Å². The van der Waals surface area contributed by atoms with E-state index in [1.807, 2.05) is 100 Å². The van der Waals surface area contributed by atoms with Crippen LogP contribution >= 0.6 is 0 Å². The summed E-state index contributed by atoms with van der Waals surface area (Å²) in [5.74, 6) is -0.299. The maximum absolute atomic E-state index is 12.5. The van der Waals surface area contributed by atoms with Crippen molar-refractivity contribution in [1.29, 1.82) is 0 Å². The van der Waals surface area contributed by atoms with Crippen molar-refractivity contribution in [1.82, 2.24) is 21.3 Å². The van der Waals surface area contributed by atoms with E-state index in [1.54, 1.807) is 0 Å². The van der Waals surface area contributed by atoms with E-state index in [2.05, 4.69) is 45.5 Å². The van der Waals surface area contributed by atoms with Gasteiger partial charge in [-0.2, -0.15) is 0 Å². The van der Waals surface area contributed by atoms with Crippen molar-refractivity contribution < 1.29 is 19.2 Å². The van der Waals surface area contributed by atoms with E-state index in [4.69, 9.17) is 0 Å². The average Bonchev–Trinajstić information content (AvgIpc) is 3.16. The lowest BCUT2D eigenvalue weighted by molar-refractivity contribution is 0.0949. The van der Waals surface area contributed by atoms with E-state index >= 15 is 0 Å². The molecule has 8 heteroatoms. The molecule has 0 bridgehead atoms. The molecule has 0 saturated heterocycles. The molecule has 0 spiro atoms. The molecule has 8 rings (SSSR count). The topological polar surface area (TPSA) is 116 Å². The molecule has 0 fully saturated rings. The molecule has 4 N–H and O–H groups in total. The summed E-state index contributed by atoms with van der Waals surface area (Å²) in [6.45, 7) is 9.98. The number of benzene rings is 8. The number of carbonyl (C=O) groups excluding carboxylic acids is 4. The van der Waals surface area contributed by atoms with Crippen molar-refractivity contribution in [2.75, 3.05) is 26.2 Å². The SMILES string of the molecule is CCNC(=O)c1ccc2ccc3ccc(C(=O)NCC)c4ccc1c2c34.CCNC(=O)c1ccc2ccc3ccc(C(=O)NCC)c4ccc1c2c34. The molecule has 0 aliphatic heterocycles. The highest BCUT2D eigenvalue weighted by molar-refractivity contribution is 6.30. The predicted octanol–water partition coefficient (Wildman–Crippen LogP) is 8.17. The fourth-order valence-corrected chi connectivity index (χ4v) is 7.42. The van der Waals surface area contributed by atoms with Gasteiger partial charge in [-0.3, -0.25) is 19.2 Å². The van der Waals surface area contributed by atoms with Gasteiger partial charge in [0.15, 0.2) is 0 Å². The maximum Gasteiger partial charge on any atom is 0.251 e. The molecule has 0 saturated carbocycles.